The molecule has 0 aromatic rings. The number of fused-ring (bicyclic) bond motifs is 1. The zero-order chi connectivity index (χ0) is 8.06. The highest BCUT2D eigenvalue weighted by atomic mass is 16.8. The maximum absolute atomic E-state index is 9.27. The third-order valence-electron chi connectivity index (χ3n) is 2.15. The predicted octanol–water partition coefficient (Wildman–Crippen LogP) is -2.17. The van der Waals surface area contributed by atoms with Crippen LogP contribution in [0, 0.1) is 0 Å². The number of rotatable bonds is 2. The minimum atomic E-state index is -1.01. The highest BCUT2D eigenvalue weighted by Crippen LogP contribution is 2.47. The third kappa shape index (κ3) is 0.830. The molecule has 5 heteroatoms. The molecule has 2 aliphatic heterocycles. The van der Waals surface area contributed by atoms with Gasteiger partial charge >= 0.3 is 0 Å². The van der Waals surface area contributed by atoms with Crippen LogP contribution >= 0.6 is 0 Å². The summed E-state index contributed by atoms with van der Waals surface area (Å²) >= 11 is 0. The Morgan fingerprint density at radius 3 is 2.36 bits per heavy atom. The first-order chi connectivity index (χ1) is 5.23. The van der Waals surface area contributed by atoms with Crippen LogP contribution in [0.1, 0.15) is 0 Å². The van der Waals surface area contributed by atoms with Crippen molar-refractivity contribution < 1.29 is 24.8 Å². The van der Waals surface area contributed by atoms with Gasteiger partial charge in [-0.05, 0) is 0 Å². The van der Waals surface area contributed by atoms with Gasteiger partial charge < -0.3 is 24.8 Å². The van der Waals surface area contributed by atoms with Crippen molar-refractivity contribution in [2.24, 2.45) is 0 Å². The van der Waals surface area contributed by atoms with Gasteiger partial charge in [-0.2, -0.15) is 0 Å². The first kappa shape index (κ1) is 7.45. The molecule has 0 aliphatic carbocycles. The molecule has 5 nitrogen and oxygen atoms in total. The lowest BCUT2D eigenvalue weighted by atomic mass is 10.1. The van der Waals surface area contributed by atoms with E-state index < -0.39 is 24.1 Å². The van der Waals surface area contributed by atoms with Crippen LogP contribution in [-0.4, -0.2) is 52.6 Å². The van der Waals surface area contributed by atoms with E-state index in [0.717, 1.165) is 0 Å². The quantitative estimate of drug-likeness (QED) is 0.402. The van der Waals surface area contributed by atoms with E-state index in [2.05, 4.69) is 0 Å². The number of hydrogen-bond donors (Lipinski definition) is 3. The van der Waals surface area contributed by atoms with Gasteiger partial charge in [-0.15, -0.1) is 0 Å². The summed E-state index contributed by atoms with van der Waals surface area (Å²) in [5.41, 5.74) is 0. The number of ether oxygens (including phenoxy) is 2. The molecule has 0 amide bonds. The van der Waals surface area contributed by atoms with E-state index in [0.29, 0.717) is 0 Å². The number of aliphatic hydroxyl groups excluding tert-OH is 3. The van der Waals surface area contributed by atoms with Gasteiger partial charge in [0.2, 0.25) is 5.79 Å². The minimum absolute atomic E-state index is 0.247. The number of epoxide rings is 1. The molecule has 2 heterocycles. The van der Waals surface area contributed by atoms with E-state index in [9.17, 15) is 5.11 Å². The zero-order valence-electron chi connectivity index (χ0n) is 5.80. The molecule has 2 fully saturated rings. The van der Waals surface area contributed by atoms with Crippen molar-refractivity contribution in [2.45, 2.75) is 24.1 Å². The SMILES string of the molecule is OC[C@H]1O[C@@]2(CO)O[C@H]2[C@@H]1O. The molecule has 2 saturated heterocycles. The maximum Gasteiger partial charge on any atom is 0.222 e. The van der Waals surface area contributed by atoms with E-state index >= 15 is 0 Å². The molecule has 0 aromatic heterocycles. The summed E-state index contributed by atoms with van der Waals surface area (Å²) in [5.74, 6) is -1.01. The first-order valence-electron chi connectivity index (χ1n) is 3.49. The molecule has 3 N–H and O–H groups in total. The van der Waals surface area contributed by atoms with Crippen LogP contribution in [0.3, 0.4) is 0 Å². The largest absolute Gasteiger partial charge is 0.394 e. The number of aliphatic hydroxyl groups is 3. The molecular weight excluding hydrogens is 152 g/mol. The second-order valence-electron chi connectivity index (χ2n) is 2.84. The molecule has 0 spiro atoms. The van der Waals surface area contributed by atoms with Crippen LogP contribution in [0.4, 0.5) is 0 Å². The van der Waals surface area contributed by atoms with Gasteiger partial charge in [-0.1, -0.05) is 0 Å². The average molecular weight is 162 g/mol. The summed E-state index contributed by atoms with van der Waals surface area (Å²) in [6.45, 7) is -0.520. The van der Waals surface area contributed by atoms with Crippen LogP contribution in [0.5, 0.6) is 0 Å². The molecule has 0 saturated carbocycles. The smallest absolute Gasteiger partial charge is 0.222 e. The van der Waals surface area contributed by atoms with Crippen molar-refractivity contribution in [3.8, 4) is 0 Å². The lowest BCUT2D eigenvalue weighted by Crippen LogP contribution is -2.31. The van der Waals surface area contributed by atoms with Crippen LogP contribution < -0.4 is 0 Å². The molecule has 0 bridgehead atoms. The second kappa shape index (κ2) is 2.15. The van der Waals surface area contributed by atoms with Gasteiger partial charge in [-0.25, -0.2) is 0 Å². The van der Waals surface area contributed by atoms with Crippen molar-refractivity contribution in [1.29, 1.82) is 0 Å². The summed E-state index contributed by atoms with van der Waals surface area (Å²) in [6.07, 6.45) is -1.88. The van der Waals surface area contributed by atoms with E-state index in [1.54, 1.807) is 0 Å². The highest BCUT2D eigenvalue weighted by molar-refractivity contribution is 5.07. The Labute approximate surface area is 63.2 Å². The van der Waals surface area contributed by atoms with Gasteiger partial charge in [0, 0.05) is 0 Å². The summed E-state index contributed by atoms with van der Waals surface area (Å²) in [5, 5.41) is 26.7. The van der Waals surface area contributed by atoms with Crippen LogP contribution in [0.15, 0.2) is 0 Å². The topological polar surface area (TPSA) is 82.5 Å². The Kier molecular flexibility index (Phi) is 1.45. The van der Waals surface area contributed by atoms with E-state index in [1.807, 2.05) is 0 Å². The highest BCUT2D eigenvalue weighted by Gasteiger charge is 2.69. The lowest BCUT2D eigenvalue weighted by Gasteiger charge is -2.15. The molecule has 2 aliphatic rings. The molecule has 0 aromatic carbocycles. The first-order valence-corrected chi connectivity index (χ1v) is 3.49. The van der Waals surface area contributed by atoms with Crippen molar-refractivity contribution in [1.82, 2.24) is 0 Å². The van der Waals surface area contributed by atoms with Gasteiger partial charge in [0.05, 0.1) is 6.61 Å². The molecule has 0 unspecified atom stereocenters. The molecular formula is C6H10O5. The standard InChI is InChI=1S/C6H10O5/c7-1-3-4(9)5-6(2-8,10-3)11-5/h3-5,7-9H,1-2H2/t3-,4-,5+,6+/m1/s1. The van der Waals surface area contributed by atoms with Crippen LogP contribution in [0.25, 0.3) is 0 Å². The Morgan fingerprint density at radius 2 is 2.00 bits per heavy atom. The Bertz CT molecular complexity index is 170. The fraction of sp³-hybridized carbons (Fsp3) is 1.00. The molecule has 11 heavy (non-hydrogen) atoms. The van der Waals surface area contributed by atoms with E-state index in [4.69, 9.17) is 19.7 Å². The summed E-state index contributed by atoms with van der Waals surface area (Å²) < 4.78 is 9.96. The fourth-order valence-corrected chi connectivity index (χ4v) is 1.44. The van der Waals surface area contributed by atoms with E-state index in [-0.39, 0.29) is 13.2 Å². The van der Waals surface area contributed by atoms with Gasteiger partial charge in [0.15, 0.2) is 0 Å². The van der Waals surface area contributed by atoms with Crippen molar-refractivity contribution in [3.63, 3.8) is 0 Å². The minimum Gasteiger partial charge on any atom is -0.394 e. The average Bonchev–Trinajstić information content (AvgIpc) is 2.69. The maximum atomic E-state index is 9.27. The van der Waals surface area contributed by atoms with Crippen molar-refractivity contribution >= 4 is 0 Å². The Balaban J connectivity index is 2.06. The monoisotopic (exact) mass is 162 g/mol. The second-order valence-corrected chi connectivity index (χ2v) is 2.84. The van der Waals surface area contributed by atoms with Crippen LogP contribution in [0.2, 0.25) is 0 Å². The summed E-state index contributed by atoms with van der Waals surface area (Å²) in [4.78, 5) is 0. The van der Waals surface area contributed by atoms with Gasteiger partial charge in [0.25, 0.3) is 0 Å². The Hall–Kier alpha value is -0.200. The van der Waals surface area contributed by atoms with Gasteiger partial charge in [-0.3, -0.25) is 0 Å². The lowest BCUT2D eigenvalue weighted by molar-refractivity contribution is -0.146. The third-order valence-corrected chi connectivity index (χ3v) is 2.15. The summed E-state index contributed by atoms with van der Waals surface area (Å²) in [7, 11) is 0. The van der Waals surface area contributed by atoms with Crippen molar-refractivity contribution in [3.05, 3.63) is 0 Å². The van der Waals surface area contributed by atoms with Crippen LogP contribution in [-0.2, 0) is 9.47 Å². The van der Waals surface area contributed by atoms with Gasteiger partial charge in [0.1, 0.15) is 24.9 Å². The zero-order valence-corrected chi connectivity index (χ0v) is 5.80. The predicted molar refractivity (Wildman–Crippen MR) is 32.7 cm³/mol. The fourth-order valence-electron chi connectivity index (χ4n) is 1.44. The molecule has 0 radical (unpaired) electrons. The number of hydrogen-bond acceptors (Lipinski definition) is 5. The molecule has 4 atom stereocenters. The van der Waals surface area contributed by atoms with E-state index in [1.165, 1.54) is 0 Å². The molecule has 2 rings (SSSR count). The normalized spacial score (nSPS) is 54.3. The Morgan fingerprint density at radius 1 is 1.27 bits per heavy atom. The summed E-state index contributed by atoms with van der Waals surface area (Å²) in [6, 6.07) is 0. The molecule has 64 valence electrons. The van der Waals surface area contributed by atoms with Crippen molar-refractivity contribution in [2.75, 3.05) is 13.2 Å².